The molecule has 1 aromatic heterocycles. The number of hydrogen-bond donors (Lipinski definition) is 3. The molecule has 0 saturated carbocycles. The average Bonchev–Trinajstić information content (AvgIpc) is 3.02. The van der Waals surface area contributed by atoms with Crippen LogP contribution in [0.25, 0.3) is 22.1 Å². The minimum atomic E-state index is -1.50. The maximum atomic E-state index is 13.3. The minimum Gasteiger partial charge on any atom is -0.507 e. The predicted molar refractivity (Wildman–Crippen MR) is 166 cm³/mol. The van der Waals surface area contributed by atoms with Gasteiger partial charge in [-0.1, -0.05) is 30.3 Å². The van der Waals surface area contributed by atoms with Gasteiger partial charge >= 0.3 is 11.7 Å². The Morgan fingerprint density at radius 3 is 2.39 bits per heavy atom. The summed E-state index contributed by atoms with van der Waals surface area (Å²) >= 11 is 0. The molecule has 1 aliphatic heterocycles. The second-order valence-corrected chi connectivity index (χ2v) is 11.4. The van der Waals surface area contributed by atoms with E-state index in [1.165, 1.54) is 19.2 Å². The van der Waals surface area contributed by atoms with E-state index in [0.717, 1.165) is 11.1 Å². The fraction of sp³-hybridized carbons (Fsp3) is 0.324. The molecular formula is C34H35NO11. The Morgan fingerprint density at radius 2 is 1.74 bits per heavy atom. The predicted octanol–water partition coefficient (Wildman–Crippen LogP) is 4.26. The number of Topliss-reactive ketones (excluding diaryl/α,β-unsaturated/α-hetero) is 1. The van der Waals surface area contributed by atoms with E-state index in [-0.39, 0.29) is 28.1 Å². The Bertz CT molecular complexity index is 1830. The summed E-state index contributed by atoms with van der Waals surface area (Å²) < 4.78 is 33.3. The van der Waals surface area contributed by atoms with Crippen molar-refractivity contribution < 1.29 is 47.9 Å². The summed E-state index contributed by atoms with van der Waals surface area (Å²) in [4.78, 5) is 37.9. The number of methoxy groups -OCH3 is 2. The highest BCUT2D eigenvalue weighted by molar-refractivity contribution is 6.00. The van der Waals surface area contributed by atoms with Crippen molar-refractivity contribution >= 4 is 22.8 Å². The van der Waals surface area contributed by atoms with E-state index in [1.807, 2.05) is 30.3 Å². The monoisotopic (exact) mass is 633 g/mol. The van der Waals surface area contributed by atoms with Crippen molar-refractivity contribution in [3.63, 3.8) is 0 Å². The van der Waals surface area contributed by atoms with Crippen molar-refractivity contribution in [3.8, 4) is 28.4 Å². The van der Waals surface area contributed by atoms with Crippen molar-refractivity contribution in [2.45, 2.75) is 57.4 Å². The van der Waals surface area contributed by atoms with Crippen molar-refractivity contribution in [2.75, 3.05) is 14.2 Å². The van der Waals surface area contributed by atoms with Crippen LogP contribution in [0.15, 0.2) is 69.9 Å². The first-order valence-corrected chi connectivity index (χ1v) is 14.4. The zero-order valence-electron chi connectivity index (χ0n) is 25.9. The minimum absolute atomic E-state index is 0.0157. The normalized spacial score (nSPS) is 20.7. The lowest BCUT2D eigenvalue weighted by Gasteiger charge is -2.47. The summed E-state index contributed by atoms with van der Waals surface area (Å²) in [7, 11) is 2.96. The number of aryl methyl sites for hydroxylation is 1. The summed E-state index contributed by atoms with van der Waals surface area (Å²) in [6.07, 6.45) is -6.43. The van der Waals surface area contributed by atoms with E-state index in [2.05, 4.69) is 0 Å². The largest absolute Gasteiger partial charge is 0.507 e. The number of aliphatic hydroxyl groups is 1. The lowest BCUT2D eigenvalue weighted by molar-refractivity contribution is -0.304. The van der Waals surface area contributed by atoms with Gasteiger partial charge in [-0.05, 0) is 62.2 Å². The van der Waals surface area contributed by atoms with Gasteiger partial charge in [-0.25, -0.2) is 9.59 Å². The highest BCUT2D eigenvalue weighted by Gasteiger charge is 2.53. The number of benzene rings is 3. The van der Waals surface area contributed by atoms with E-state index in [1.54, 1.807) is 46.1 Å². The quantitative estimate of drug-likeness (QED) is 0.177. The van der Waals surface area contributed by atoms with Crippen molar-refractivity contribution in [2.24, 2.45) is 5.73 Å². The van der Waals surface area contributed by atoms with Crippen LogP contribution in [0.3, 0.4) is 0 Å². The molecule has 4 aromatic rings. The molecule has 5 rings (SSSR count). The number of primary amides is 1. The Labute approximate surface area is 264 Å². The molecule has 12 nitrogen and oxygen atoms in total. The maximum Gasteiger partial charge on any atom is 0.404 e. The molecule has 1 amide bonds. The van der Waals surface area contributed by atoms with Gasteiger partial charge in [0.05, 0.1) is 23.7 Å². The molecule has 3 aromatic carbocycles. The zero-order valence-corrected chi connectivity index (χ0v) is 25.9. The molecule has 0 aliphatic carbocycles. The number of ether oxygens (including phenoxy) is 5. The highest BCUT2D eigenvalue weighted by atomic mass is 16.7. The number of hydrogen-bond acceptors (Lipinski definition) is 11. The number of carbonyl (C=O) groups is 2. The smallest absolute Gasteiger partial charge is 0.404 e. The standard InChI is InChI=1S/C34H35NO11/c1-17-25(43-32-27(38)29(45-33(35)40)30(42-5)34(2,3)46-32)14-13-22-26(37)23(31(39)44-28(17)22)16-24(36)20-8-6-7-19(15-20)18-9-11-21(41-4)12-10-18/h6-15,27,29-30,32,37-38H,16H2,1-5H3,(H2,35,40)/t27-,29+,30-,32-/m1/s1. The number of ketones is 1. The second kappa shape index (κ2) is 12.8. The number of amides is 1. The average molecular weight is 634 g/mol. The number of rotatable bonds is 9. The van der Waals surface area contributed by atoms with E-state index in [9.17, 15) is 24.6 Å². The lowest BCUT2D eigenvalue weighted by atomic mass is 9.89. The van der Waals surface area contributed by atoms with Crippen LogP contribution < -0.4 is 20.8 Å². The van der Waals surface area contributed by atoms with E-state index in [0.29, 0.717) is 16.9 Å². The van der Waals surface area contributed by atoms with Crippen LogP contribution in [0.4, 0.5) is 4.79 Å². The SMILES string of the molecule is COc1ccc(-c2cccc(C(=O)Cc3c(O)c4ccc(O[C@@H]5OC(C)(C)[C@H](OC)[C@@H](OC(N)=O)[C@H]5O)c(C)c4oc3=O)c2)cc1. The molecule has 0 bridgehead atoms. The van der Waals surface area contributed by atoms with Crippen LogP contribution in [0.1, 0.15) is 35.3 Å². The topological polar surface area (TPSA) is 177 Å². The van der Waals surface area contributed by atoms with E-state index < -0.39 is 54.1 Å². The third-order valence-electron chi connectivity index (χ3n) is 8.05. The molecule has 46 heavy (non-hydrogen) atoms. The Kier molecular flexibility index (Phi) is 9.06. The third-order valence-corrected chi connectivity index (χ3v) is 8.05. The summed E-state index contributed by atoms with van der Waals surface area (Å²) in [6, 6.07) is 17.3. The molecule has 1 aliphatic rings. The number of aliphatic hydroxyl groups excluding tert-OH is 1. The number of aromatic hydroxyl groups is 1. The summed E-state index contributed by atoms with van der Waals surface area (Å²) in [5, 5.41) is 22.3. The van der Waals surface area contributed by atoms with Gasteiger partial charge in [-0.3, -0.25) is 4.79 Å². The van der Waals surface area contributed by atoms with Crippen LogP contribution in [0, 0.1) is 6.92 Å². The molecule has 2 heterocycles. The van der Waals surface area contributed by atoms with Gasteiger partial charge in [0.25, 0.3) is 0 Å². The van der Waals surface area contributed by atoms with E-state index >= 15 is 0 Å². The van der Waals surface area contributed by atoms with Crippen LogP contribution in [0.5, 0.6) is 17.2 Å². The van der Waals surface area contributed by atoms with Gasteiger partial charge in [-0.15, -0.1) is 0 Å². The second-order valence-electron chi connectivity index (χ2n) is 11.4. The Morgan fingerprint density at radius 1 is 1.02 bits per heavy atom. The van der Waals surface area contributed by atoms with Gasteiger partial charge < -0.3 is 44.0 Å². The van der Waals surface area contributed by atoms with E-state index in [4.69, 9.17) is 33.8 Å². The summed E-state index contributed by atoms with van der Waals surface area (Å²) in [6.45, 7) is 4.93. The lowest BCUT2D eigenvalue weighted by Crippen LogP contribution is -2.65. The zero-order chi connectivity index (χ0) is 33.3. The van der Waals surface area contributed by atoms with Gasteiger partial charge in [0, 0.05) is 24.7 Å². The van der Waals surface area contributed by atoms with Crippen molar-refractivity contribution in [1.82, 2.24) is 0 Å². The Hall–Kier alpha value is -4.91. The molecule has 0 radical (unpaired) electrons. The molecule has 4 N–H and O–H groups in total. The first kappa shape index (κ1) is 32.5. The van der Waals surface area contributed by atoms with Crippen LogP contribution in [0.2, 0.25) is 0 Å². The first-order chi connectivity index (χ1) is 21.8. The first-order valence-electron chi connectivity index (χ1n) is 14.4. The molecule has 0 spiro atoms. The number of fused-ring (bicyclic) bond motifs is 1. The third kappa shape index (κ3) is 6.27. The molecule has 1 saturated heterocycles. The van der Waals surface area contributed by atoms with Gasteiger partial charge in [0.15, 0.2) is 18.0 Å². The molecule has 12 heteroatoms. The Balaban J connectivity index is 1.41. The fourth-order valence-electron chi connectivity index (χ4n) is 5.68. The molecule has 4 atom stereocenters. The molecular weight excluding hydrogens is 598 g/mol. The van der Waals surface area contributed by atoms with Gasteiger partial charge in [0.1, 0.15) is 28.9 Å². The molecule has 1 fully saturated rings. The van der Waals surface area contributed by atoms with Crippen molar-refractivity contribution in [1.29, 1.82) is 0 Å². The fourth-order valence-corrected chi connectivity index (χ4v) is 5.68. The highest BCUT2D eigenvalue weighted by Crippen LogP contribution is 2.38. The van der Waals surface area contributed by atoms with Gasteiger partial charge in [0.2, 0.25) is 6.29 Å². The van der Waals surface area contributed by atoms with Crippen LogP contribution in [-0.4, -0.2) is 66.5 Å². The summed E-state index contributed by atoms with van der Waals surface area (Å²) in [5.41, 5.74) is 5.42. The number of nitrogens with two attached hydrogens (primary N) is 1. The van der Waals surface area contributed by atoms with Crippen molar-refractivity contribution in [3.05, 3.63) is 87.8 Å². The maximum absolute atomic E-state index is 13.3. The molecule has 242 valence electrons. The van der Waals surface area contributed by atoms with Gasteiger partial charge in [-0.2, -0.15) is 0 Å². The summed E-state index contributed by atoms with van der Waals surface area (Å²) in [5.74, 6) is 0.0781. The number of carbonyl (C=O) groups excluding carboxylic acids is 2. The van der Waals surface area contributed by atoms with Crippen LogP contribution >= 0.6 is 0 Å². The molecule has 0 unspecified atom stereocenters. The van der Waals surface area contributed by atoms with Crippen LogP contribution in [-0.2, 0) is 20.6 Å².